The van der Waals surface area contributed by atoms with Crippen molar-refractivity contribution < 1.29 is 4.42 Å². The average molecular weight is 375 g/mol. The predicted octanol–water partition coefficient (Wildman–Crippen LogP) is 6.58. The Balaban J connectivity index is 1.89. The zero-order valence-corrected chi connectivity index (χ0v) is 16.2. The third-order valence-electron chi connectivity index (χ3n) is 5.36. The zero-order chi connectivity index (χ0) is 19.6. The molecule has 1 aromatic heterocycles. The summed E-state index contributed by atoms with van der Waals surface area (Å²) in [6.45, 7) is 2.15. The van der Waals surface area contributed by atoms with Gasteiger partial charge in [-0.05, 0) is 47.9 Å². The summed E-state index contributed by atoms with van der Waals surface area (Å²) < 4.78 is 6.14. The molecule has 0 aliphatic heterocycles. The lowest BCUT2D eigenvalue weighted by molar-refractivity contribution is 0.658. The summed E-state index contributed by atoms with van der Waals surface area (Å²) in [7, 11) is 0. The maximum Gasteiger partial charge on any atom is 0.136 e. The summed E-state index contributed by atoms with van der Waals surface area (Å²) >= 11 is 0. The zero-order valence-electron chi connectivity index (χ0n) is 16.2. The second kappa shape index (κ2) is 7.40. The van der Waals surface area contributed by atoms with Crippen molar-refractivity contribution in [2.75, 3.05) is 0 Å². The van der Waals surface area contributed by atoms with Crippen LogP contribution >= 0.6 is 0 Å². The van der Waals surface area contributed by atoms with Gasteiger partial charge in [0.15, 0.2) is 0 Å². The molecule has 2 heteroatoms. The molecule has 29 heavy (non-hydrogen) atoms. The van der Waals surface area contributed by atoms with Crippen molar-refractivity contribution in [1.29, 1.82) is 0 Å². The van der Waals surface area contributed by atoms with Crippen molar-refractivity contribution in [2.24, 2.45) is 4.99 Å². The van der Waals surface area contributed by atoms with Crippen LogP contribution in [0.1, 0.15) is 22.7 Å². The van der Waals surface area contributed by atoms with Gasteiger partial charge in [-0.2, -0.15) is 0 Å². The maximum absolute atomic E-state index is 6.14. The molecule has 0 spiro atoms. The first kappa shape index (κ1) is 17.4. The minimum atomic E-state index is -0.0911. The molecule has 0 saturated carbocycles. The van der Waals surface area contributed by atoms with Gasteiger partial charge < -0.3 is 4.42 Å². The Morgan fingerprint density at radius 3 is 1.83 bits per heavy atom. The second-order valence-corrected chi connectivity index (χ2v) is 7.24. The summed E-state index contributed by atoms with van der Waals surface area (Å²) in [4.78, 5) is 5.36. The molecule has 1 atom stereocenters. The Kier molecular flexibility index (Phi) is 4.45. The van der Waals surface area contributed by atoms with E-state index in [0.717, 1.165) is 27.3 Å². The quantitative estimate of drug-likeness (QED) is 0.327. The van der Waals surface area contributed by atoms with Gasteiger partial charge in [0, 0.05) is 10.8 Å². The van der Waals surface area contributed by atoms with Crippen LogP contribution in [0.15, 0.2) is 113 Å². The van der Waals surface area contributed by atoms with Crippen LogP contribution < -0.4 is 5.36 Å². The van der Waals surface area contributed by atoms with Crippen LogP contribution in [-0.4, -0.2) is 0 Å². The van der Waals surface area contributed by atoms with Gasteiger partial charge in [0.05, 0.1) is 5.36 Å². The highest BCUT2D eigenvalue weighted by Gasteiger charge is 2.16. The van der Waals surface area contributed by atoms with Gasteiger partial charge in [0.2, 0.25) is 0 Å². The average Bonchev–Trinajstić information content (AvgIpc) is 2.78. The number of hydrogen-bond donors (Lipinski definition) is 0. The summed E-state index contributed by atoms with van der Waals surface area (Å²) in [5.74, 6) is 0. The van der Waals surface area contributed by atoms with Gasteiger partial charge in [-0.1, -0.05) is 78.9 Å². The minimum absolute atomic E-state index is 0.0911. The van der Waals surface area contributed by atoms with E-state index in [2.05, 4.69) is 67.6 Å². The third kappa shape index (κ3) is 3.23. The molecule has 0 aliphatic rings. The van der Waals surface area contributed by atoms with Crippen molar-refractivity contribution in [3.63, 3.8) is 0 Å². The van der Waals surface area contributed by atoms with Gasteiger partial charge in [0.25, 0.3) is 0 Å². The van der Waals surface area contributed by atoms with Gasteiger partial charge in [-0.3, -0.25) is 4.99 Å². The third-order valence-corrected chi connectivity index (χ3v) is 5.36. The lowest BCUT2D eigenvalue weighted by atomic mass is 9.95. The summed E-state index contributed by atoms with van der Waals surface area (Å²) in [6, 6.07) is 35.2. The Hall–Kier alpha value is -3.65. The van der Waals surface area contributed by atoms with Gasteiger partial charge in [-0.25, -0.2) is 0 Å². The largest absolute Gasteiger partial charge is 0.456 e. The number of nitrogens with zero attached hydrogens (tertiary/aromatic N) is 1. The van der Waals surface area contributed by atoms with Crippen LogP contribution in [0.2, 0.25) is 0 Å². The number of hydrogen-bond acceptors (Lipinski definition) is 2. The molecule has 1 unspecified atom stereocenters. The van der Waals surface area contributed by atoms with Crippen LogP contribution in [0.3, 0.4) is 0 Å². The topological polar surface area (TPSA) is 25.5 Å². The van der Waals surface area contributed by atoms with Crippen molar-refractivity contribution in [3.8, 4) is 0 Å². The Morgan fingerprint density at radius 2 is 1.17 bits per heavy atom. The van der Waals surface area contributed by atoms with E-state index in [1.807, 2.05) is 42.5 Å². The van der Waals surface area contributed by atoms with Crippen LogP contribution in [0.5, 0.6) is 0 Å². The van der Waals surface area contributed by atoms with Gasteiger partial charge >= 0.3 is 0 Å². The fourth-order valence-corrected chi connectivity index (χ4v) is 3.89. The van der Waals surface area contributed by atoms with E-state index in [0.29, 0.717) is 0 Å². The molecule has 0 fully saturated rings. The molecule has 5 aromatic rings. The van der Waals surface area contributed by atoms with E-state index in [1.165, 1.54) is 16.7 Å². The molecule has 0 N–H and O–H groups in total. The van der Waals surface area contributed by atoms with Crippen LogP contribution in [-0.2, 0) is 0 Å². The van der Waals surface area contributed by atoms with E-state index in [9.17, 15) is 0 Å². The summed E-state index contributed by atoms with van der Waals surface area (Å²) in [5.41, 5.74) is 5.32. The molecule has 1 heterocycles. The predicted molar refractivity (Wildman–Crippen MR) is 119 cm³/mol. The molecule has 0 saturated heterocycles. The molecule has 0 radical (unpaired) electrons. The number of benzene rings is 4. The number of fused-ring (bicyclic) bond motifs is 2. The first-order valence-electron chi connectivity index (χ1n) is 9.86. The molecular weight excluding hydrogens is 354 g/mol. The molecule has 0 bridgehead atoms. The fourth-order valence-electron chi connectivity index (χ4n) is 3.89. The summed E-state index contributed by atoms with van der Waals surface area (Å²) in [5, 5.41) is 3.03. The number of rotatable bonds is 3. The Labute approximate surface area is 169 Å². The molecule has 0 amide bonds. The molecule has 5 rings (SSSR count). The van der Waals surface area contributed by atoms with Crippen molar-refractivity contribution >= 4 is 21.9 Å². The lowest BCUT2D eigenvalue weighted by Crippen LogP contribution is -2.11. The first-order valence-corrected chi connectivity index (χ1v) is 9.86. The molecule has 2 nitrogen and oxygen atoms in total. The molecule has 0 aliphatic carbocycles. The van der Waals surface area contributed by atoms with Gasteiger partial charge in [0.1, 0.15) is 17.2 Å². The minimum Gasteiger partial charge on any atom is -0.456 e. The van der Waals surface area contributed by atoms with E-state index in [1.54, 1.807) is 0 Å². The van der Waals surface area contributed by atoms with Crippen LogP contribution in [0.4, 0.5) is 0 Å². The molecule has 4 aromatic carbocycles. The molecular formula is C27H21NO. The van der Waals surface area contributed by atoms with E-state index in [-0.39, 0.29) is 6.04 Å². The van der Waals surface area contributed by atoms with E-state index in [4.69, 9.17) is 9.41 Å². The SMILES string of the molecule is Cc1ccccc1C(N=c1c2ccccc2oc2ccccc12)c1ccccc1. The number of para-hydroxylation sites is 2. The van der Waals surface area contributed by atoms with Crippen LogP contribution in [0, 0.1) is 6.92 Å². The standard InChI is InChI=1S/C27H21NO/c1-19-11-5-6-14-21(19)26(20-12-3-2-4-13-20)28-27-22-15-7-9-17-24(22)29-25-18-10-8-16-23(25)27/h2-18,26H,1H3. The highest BCUT2D eigenvalue weighted by Crippen LogP contribution is 2.29. The number of aryl methyl sites for hydroxylation is 1. The van der Waals surface area contributed by atoms with Crippen LogP contribution in [0.25, 0.3) is 21.9 Å². The second-order valence-electron chi connectivity index (χ2n) is 7.24. The fraction of sp³-hybridized carbons (Fsp3) is 0.0741. The Morgan fingerprint density at radius 1 is 0.621 bits per heavy atom. The van der Waals surface area contributed by atoms with Crippen molar-refractivity contribution in [1.82, 2.24) is 0 Å². The maximum atomic E-state index is 6.14. The highest BCUT2D eigenvalue weighted by molar-refractivity contribution is 5.89. The van der Waals surface area contributed by atoms with Crippen molar-refractivity contribution in [3.05, 3.63) is 125 Å². The monoisotopic (exact) mass is 375 g/mol. The lowest BCUT2D eigenvalue weighted by Gasteiger charge is -2.17. The molecule has 140 valence electrons. The highest BCUT2D eigenvalue weighted by atomic mass is 16.3. The van der Waals surface area contributed by atoms with E-state index < -0.39 is 0 Å². The first-order chi connectivity index (χ1) is 14.3. The summed E-state index contributed by atoms with van der Waals surface area (Å²) in [6.07, 6.45) is 0. The Bertz CT molecular complexity index is 1310. The smallest absolute Gasteiger partial charge is 0.136 e. The normalized spacial score (nSPS) is 12.2. The van der Waals surface area contributed by atoms with Gasteiger partial charge in [-0.15, -0.1) is 0 Å². The van der Waals surface area contributed by atoms with Crippen molar-refractivity contribution in [2.45, 2.75) is 13.0 Å². The van der Waals surface area contributed by atoms with E-state index >= 15 is 0 Å².